The Labute approximate surface area is 297 Å². The Balaban J connectivity index is 1.07. The number of hydrogen-bond donors (Lipinski definition) is 0. The molecule has 0 saturated heterocycles. The minimum atomic E-state index is -0.593. The highest BCUT2D eigenvalue weighted by Crippen LogP contribution is 2.47. The molecule has 2 aliphatic heterocycles. The van der Waals surface area contributed by atoms with Crippen LogP contribution in [0.2, 0.25) is 0 Å². The molecule has 9 aromatic rings. The number of nitrogens with zero attached hydrogens (tertiary/aromatic N) is 3. The third kappa shape index (κ3) is 4.46. The molecule has 4 heterocycles. The van der Waals surface area contributed by atoms with Crippen LogP contribution in [-0.4, -0.2) is 11.7 Å². The Bertz CT molecular complexity index is 2960. The van der Waals surface area contributed by atoms with E-state index in [1.165, 1.54) is 0 Å². The molecule has 0 radical (unpaired) electrons. The van der Waals surface area contributed by atoms with Crippen molar-refractivity contribution < 1.29 is 18.3 Å². The number of benzene rings is 7. The maximum absolute atomic E-state index is 6.84. The summed E-state index contributed by atoms with van der Waals surface area (Å²) in [6, 6.07) is 50.2. The van der Waals surface area contributed by atoms with Crippen LogP contribution < -0.4 is 9.47 Å². The maximum atomic E-state index is 6.84. The Morgan fingerprint density at radius 3 is 1.92 bits per heavy atom. The number of fused-ring (bicyclic) bond motifs is 8. The number of amidine groups is 2. The molecule has 0 saturated carbocycles. The van der Waals surface area contributed by atoms with Gasteiger partial charge in [0.1, 0.15) is 22.3 Å². The van der Waals surface area contributed by atoms with Crippen molar-refractivity contribution in [3.8, 4) is 34.1 Å². The molecule has 7 aromatic carbocycles. The van der Waals surface area contributed by atoms with Gasteiger partial charge in [0.25, 0.3) is 0 Å². The highest BCUT2D eigenvalue weighted by Gasteiger charge is 2.23. The van der Waals surface area contributed by atoms with Crippen LogP contribution in [-0.2, 0) is 0 Å². The topological polar surface area (TPSA) is 83.6 Å². The first kappa shape index (κ1) is 28.7. The van der Waals surface area contributed by atoms with Gasteiger partial charge in [-0.1, -0.05) is 121 Å². The molecule has 0 amide bonds. The molecule has 0 spiro atoms. The molecule has 0 fully saturated rings. The monoisotopic (exact) mass is 672 g/mol. The lowest BCUT2D eigenvalue weighted by molar-refractivity contribution is 0.360. The van der Waals surface area contributed by atoms with Crippen LogP contribution in [0, 0.1) is 0 Å². The first-order chi connectivity index (χ1) is 25.7. The van der Waals surface area contributed by atoms with Crippen LogP contribution in [0.15, 0.2) is 170 Å². The van der Waals surface area contributed by atoms with E-state index >= 15 is 0 Å². The van der Waals surface area contributed by atoms with Crippen LogP contribution in [0.25, 0.3) is 60.3 Å². The lowest BCUT2D eigenvalue weighted by Gasteiger charge is -2.32. The van der Waals surface area contributed by atoms with Gasteiger partial charge in [-0.25, -0.2) is 0 Å². The predicted molar refractivity (Wildman–Crippen MR) is 205 cm³/mol. The van der Waals surface area contributed by atoms with Crippen molar-refractivity contribution in [2.24, 2.45) is 9.98 Å². The molecular formula is C45H26N3O4-. The zero-order valence-corrected chi connectivity index (χ0v) is 27.5. The van der Waals surface area contributed by atoms with Crippen molar-refractivity contribution in [2.45, 2.75) is 6.17 Å². The standard InChI is InChI=1S/C45H26N3O4/c1-2-11-26(12-3-1)43-46-44(33-18-9-15-30-29-13-4-5-20-35(29)51-41(30)33)48-45(47-43)34-19-10-17-32-31-16-8-14-28(40(31)52-42(32)34)27-23-24-38-39(25-27)50-37-22-7-6-21-36(37)49-38/h1-25,44H/q-1. The van der Waals surface area contributed by atoms with Gasteiger partial charge in [-0.05, 0) is 47.5 Å². The van der Waals surface area contributed by atoms with Gasteiger partial charge in [0.2, 0.25) is 0 Å². The predicted octanol–water partition coefficient (Wildman–Crippen LogP) is 12.3. The molecule has 0 N–H and O–H groups in total. The fraction of sp³-hybridized carbons (Fsp3) is 0.0222. The third-order valence-electron chi connectivity index (χ3n) is 9.75. The number of aliphatic imine (C=N–C) groups is 2. The van der Waals surface area contributed by atoms with Crippen molar-refractivity contribution in [3.05, 3.63) is 174 Å². The van der Waals surface area contributed by atoms with Gasteiger partial charge in [-0.3, -0.25) is 4.99 Å². The first-order valence-corrected chi connectivity index (χ1v) is 17.1. The van der Waals surface area contributed by atoms with Crippen molar-refractivity contribution >= 4 is 55.5 Å². The van der Waals surface area contributed by atoms with E-state index in [0.29, 0.717) is 40.3 Å². The number of rotatable bonds is 4. The van der Waals surface area contributed by atoms with Gasteiger partial charge < -0.3 is 28.6 Å². The Hall–Kier alpha value is -7.12. The summed E-state index contributed by atoms with van der Waals surface area (Å²) in [5.41, 5.74) is 7.50. The van der Waals surface area contributed by atoms with E-state index in [1.54, 1.807) is 0 Å². The van der Waals surface area contributed by atoms with E-state index in [9.17, 15) is 0 Å². The van der Waals surface area contributed by atoms with Crippen LogP contribution in [0.3, 0.4) is 0 Å². The highest BCUT2D eigenvalue weighted by atomic mass is 16.6. The highest BCUT2D eigenvalue weighted by molar-refractivity contribution is 6.23. The fourth-order valence-corrected chi connectivity index (χ4v) is 7.31. The molecule has 7 heteroatoms. The lowest BCUT2D eigenvalue weighted by atomic mass is 10.0. The van der Waals surface area contributed by atoms with Gasteiger partial charge in [0.15, 0.2) is 23.0 Å². The zero-order valence-electron chi connectivity index (χ0n) is 27.5. The number of hydrogen-bond acceptors (Lipinski definition) is 6. The van der Waals surface area contributed by atoms with Crippen LogP contribution >= 0.6 is 0 Å². The summed E-state index contributed by atoms with van der Waals surface area (Å²) >= 11 is 0. The van der Waals surface area contributed by atoms with Crippen molar-refractivity contribution in [1.29, 1.82) is 0 Å². The zero-order chi connectivity index (χ0) is 34.2. The Kier molecular flexibility index (Phi) is 6.18. The quantitative estimate of drug-likeness (QED) is 0.186. The molecule has 0 aliphatic carbocycles. The van der Waals surface area contributed by atoms with E-state index in [0.717, 1.165) is 66.1 Å². The van der Waals surface area contributed by atoms with E-state index in [-0.39, 0.29) is 0 Å². The second kappa shape index (κ2) is 11.2. The summed E-state index contributed by atoms with van der Waals surface area (Å²) < 4.78 is 25.6. The smallest absolute Gasteiger partial charge is 0.170 e. The lowest BCUT2D eigenvalue weighted by Crippen LogP contribution is -2.16. The molecule has 2 aliphatic rings. The maximum Gasteiger partial charge on any atom is 0.170 e. The molecule has 2 aromatic heterocycles. The normalized spacial score (nSPS) is 15.0. The van der Waals surface area contributed by atoms with E-state index in [1.807, 2.05) is 115 Å². The van der Waals surface area contributed by atoms with Crippen molar-refractivity contribution in [1.82, 2.24) is 0 Å². The molecule has 0 bridgehead atoms. The molecule has 7 nitrogen and oxygen atoms in total. The molecule has 246 valence electrons. The second-order valence-corrected chi connectivity index (χ2v) is 12.9. The minimum Gasteiger partial charge on any atom is -0.456 e. The summed E-state index contributed by atoms with van der Waals surface area (Å²) in [5, 5.41) is 9.14. The van der Waals surface area contributed by atoms with Crippen molar-refractivity contribution in [2.75, 3.05) is 0 Å². The van der Waals surface area contributed by atoms with E-state index < -0.39 is 6.17 Å². The van der Waals surface area contributed by atoms with E-state index in [2.05, 4.69) is 36.4 Å². The average Bonchev–Trinajstić information content (AvgIpc) is 3.79. The minimum absolute atomic E-state index is 0.538. The molecule has 1 unspecified atom stereocenters. The molecule has 1 atom stereocenters. The molecule has 52 heavy (non-hydrogen) atoms. The van der Waals surface area contributed by atoms with Crippen LogP contribution in [0.4, 0.5) is 0 Å². The van der Waals surface area contributed by atoms with Crippen LogP contribution in [0.5, 0.6) is 23.0 Å². The SMILES string of the molecule is c1ccc(C2=NC(c3cccc4c3oc3c(-c5ccc6c(c5)Oc5ccccc5O6)cccc34)=NC(c3cccc4c3oc3ccccc34)[N-]2)cc1. The summed E-state index contributed by atoms with van der Waals surface area (Å²) in [6.07, 6.45) is -0.593. The summed E-state index contributed by atoms with van der Waals surface area (Å²) in [4.78, 5) is 10.3. The summed E-state index contributed by atoms with van der Waals surface area (Å²) in [6.45, 7) is 0. The summed E-state index contributed by atoms with van der Waals surface area (Å²) in [7, 11) is 0. The first-order valence-electron chi connectivity index (χ1n) is 17.1. The van der Waals surface area contributed by atoms with Gasteiger partial charge in [0.05, 0.1) is 12.0 Å². The van der Waals surface area contributed by atoms with Gasteiger partial charge in [0, 0.05) is 38.2 Å². The third-order valence-corrected chi connectivity index (χ3v) is 9.75. The number of para-hydroxylation sites is 6. The van der Waals surface area contributed by atoms with Gasteiger partial charge >= 0.3 is 0 Å². The van der Waals surface area contributed by atoms with E-state index in [4.69, 9.17) is 33.6 Å². The Morgan fingerprint density at radius 2 is 1.10 bits per heavy atom. The summed E-state index contributed by atoms with van der Waals surface area (Å²) in [5.74, 6) is 3.83. The van der Waals surface area contributed by atoms with Crippen molar-refractivity contribution in [3.63, 3.8) is 0 Å². The van der Waals surface area contributed by atoms with Crippen LogP contribution in [0.1, 0.15) is 22.9 Å². The number of furan rings is 2. The van der Waals surface area contributed by atoms with Gasteiger partial charge in [-0.15, -0.1) is 0 Å². The second-order valence-electron chi connectivity index (χ2n) is 12.9. The van der Waals surface area contributed by atoms with Gasteiger partial charge in [-0.2, -0.15) is 0 Å². The molecule has 11 rings (SSSR count). The Morgan fingerprint density at radius 1 is 0.462 bits per heavy atom. The largest absolute Gasteiger partial charge is 0.456 e. The number of ether oxygens (including phenoxy) is 2. The molecular weight excluding hydrogens is 647 g/mol. The average molecular weight is 673 g/mol. The fourth-order valence-electron chi connectivity index (χ4n) is 7.31.